The summed E-state index contributed by atoms with van der Waals surface area (Å²) in [5.41, 5.74) is 0.840. The van der Waals surface area contributed by atoms with Crippen LogP contribution in [0.15, 0.2) is 54.9 Å². The highest BCUT2D eigenvalue weighted by Gasteiger charge is 2.25. The fourth-order valence-electron chi connectivity index (χ4n) is 3.09. The molecule has 0 atom stereocenters. The molecule has 0 bridgehead atoms. The molecule has 1 heterocycles. The Morgan fingerprint density at radius 1 is 1.11 bits per heavy atom. The van der Waals surface area contributed by atoms with Gasteiger partial charge < -0.3 is 20.1 Å². The van der Waals surface area contributed by atoms with Crippen molar-refractivity contribution >= 4 is 34.8 Å². The van der Waals surface area contributed by atoms with E-state index in [-0.39, 0.29) is 17.3 Å². The number of nitrogens with zero attached hydrogens (tertiary/aromatic N) is 4. The van der Waals surface area contributed by atoms with Gasteiger partial charge in [0.25, 0.3) is 0 Å². The van der Waals surface area contributed by atoms with Crippen molar-refractivity contribution in [2.24, 2.45) is 0 Å². The number of aromatic nitrogens is 2. The quantitative estimate of drug-likeness (QED) is 0.333. The Balaban J connectivity index is 1.90. The number of carbonyl (C=O) groups excluding carboxylic acids is 1. The molecular weight excluding hydrogens is 452 g/mol. The molecule has 184 valence electrons. The van der Waals surface area contributed by atoms with Gasteiger partial charge in [-0.1, -0.05) is 30.3 Å². The smallest absolute Gasteiger partial charge is 0.414 e. The van der Waals surface area contributed by atoms with E-state index in [9.17, 15) is 14.9 Å². The SMILES string of the molecule is COc1cc(Nc2ncnc(NCc3ccccc3)c2[N+](=O)[O-])cc(N(C)C(=O)OC(C)(C)C)c1. The average Bonchev–Trinajstić information content (AvgIpc) is 2.81. The third kappa shape index (κ3) is 6.79. The summed E-state index contributed by atoms with van der Waals surface area (Å²) in [6.07, 6.45) is 0.674. The molecule has 1 amide bonds. The largest absolute Gasteiger partial charge is 0.497 e. The number of hydrogen-bond acceptors (Lipinski definition) is 9. The van der Waals surface area contributed by atoms with E-state index in [2.05, 4.69) is 20.6 Å². The Morgan fingerprint density at radius 3 is 2.43 bits per heavy atom. The highest BCUT2D eigenvalue weighted by molar-refractivity contribution is 5.89. The molecule has 3 aromatic rings. The fraction of sp³-hybridized carbons (Fsp3) is 0.292. The molecule has 0 unspecified atom stereocenters. The van der Waals surface area contributed by atoms with E-state index >= 15 is 0 Å². The minimum absolute atomic E-state index is 0.0142. The molecule has 0 aliphatic rings. The first-order chi connectivity index (χ1) is 16.6. The summed E-state index contributed by atoms with van der Waals surface area (Å²) in [6, 6.07) is 14.4. The van der Waals surface area contributed by atoms with E-state index in [1.54, 1.807) is 46.0 Å². The molecule has 11 heteroatoms. The summed E-state index contributed by atoms with van der Waals surface area (Å²) in [5, 5.41) is 17.9. The molecule has 2 aromatic carbocycles. The zero-order valence-corrected chi connectivity index (χ0v) is 20.2. The van der Waals surface area contributed by atoms with Crippen molar-refractivity contribution in [2.75, 3.05) is 29.7 Å². The number of benzene rings is 2. The second kappa shape index (κ2) is 10.7. The van der Waals surface area contributed by atoms with E-state index in [1.807, 2.05) is 30.3 Å². The number of amides is 1. The number of hydrogen-bond donors (Lipinski definition) is 2. The lowest BCUT2D eigenvalue weighted by molar-refractivity contribution is -0.383. The van der Waals surface area contributed by atoms with E-state index in [1.165, 1.54) is 18.3 Å². The zero-order chi connectivity index (χ0) is 25.6. The number of carbonyl (C=O) groups is 1. The molecular formula is C24H28N6O5. The Labute approximate surface area is 203 Å². The minimum atomic E-state index is -0.671. The lowest BCUT2D eigenvalue weighted by atomic mass is 10.2. The molecule has 35 heavy (non-hydrogen) atoms. The lowest BCUT2D eigenvalue weighted by Gasteiger charge is -2.25. The van der Waals surface area contributed by atoms with Crippen LogP contribution in [0.4, 0.5) is 33.5 Å². The van der Waals surface area contributed by atoms with Gasteiger partial charge in [-0.2, -0.15) is 0 Å². The highest BCUT2D eigenvalue weighted by Crippen LogP contribution is 2.34. The van der Waals surface area contributed by atoms with Crippen LogP contribution in [0, 0.1) is 10.1 Å². The van der Waals surface area contributed by atoms with Crippen LogP contribution >= 0.6 is 0 Å². The fourth-order valence-corrected chi connectivity index (χ4v) is 3.09. The Bertz CT molecular complexity index is 1200. The molecule has 2 N–H and O–H groups in total. The predicted octanol–water partition coefficient (Wildman–Crippen LogP) is 5.12. The van der Waals surface area contributed by atoms with Gasteiger partial charge in [0.05, 0.1) is 17.7 Å². The summed E-state index contributed by atoms with van der Waals surface area (Å²) in [4.78, 5) is 33.3. The number of rotatable bonds is 8. The monoisotopic (exact) mass is 480 g/mol. The first-order valence-corrected chi connectivity index (χ1v) is 10.8. The molecule has 0 saturated carbocycles. The topological polar surface area (TPSA) is 132 Å². The van der Waals surface area contributed by atoms with Crippen molar-refractivity contribution in [2.45, 2.75) is 32.9 Å². The average molecular weight is 481 g/mol. The summed E-state index contributed by atoms with van der Waals surface area (Å²) < 4.78 is 10.8. The highest BCUT2D eigenvalue weighted by atomic mass is 16.6. The van der Waals surface area contributed by atoms with Gasteiger partial charge in [0, 0.05) is 31.4 Å². The first-order valence-electron chi connectivity index (χ1n) is 10.8. The van der Waals surface area contributed by atoms with Gasteiger partial charge >= 0.3 is 11.8 Å². The zero-order valence-electron chi connectivity index (χ0n) is 20.2. The third-order valence-electron chi connectivity index (χ3n) is 4.75. The van der Waals surface area contributed by atoms with Crippen molar-refractivity contribution in [3.8, 4) is 5.75 Å². The second-order valence-electron chi connectivity index (χ2n) is 8.60. The van der Waals surface area contributed by atoms with Gasteiger partial charge in [-0.15, -0.1) is 0 Å². The van der Waals surface area contributed by atoms with Gasteiger partial charge in [-0.25, -0.2) is 14.8 Å². The van der Waals surface area contributed by atoms with Gasteiger partial charge in [-0.05, 0) is 32.4 Å². The summed E-state index contributed by atoms with van der Waals surface area (Å²) >= 11 is 0. The molecule has 0 radical (unpaired) electrons. The van der Waals surface area contributed by atoms with Crippen molar-refractivity contribution < 1.29 is 19.2 Å². The second-order valence-corrected chi connectivity index (χ2v) is 8.60. The summed E-state index contributed by atoms with van der Waals surface area (Å²) in [7, 11) is 3.04. The van der Waals surface area contributed by atoms with Gasteiger partial charge in [0.1, 0.15) is 17.7 Å². The molecule has 3 rings (SSSR count). The van der Waals surface area contributed by atoms with Gasteiger partial charge in [0.15, 0.2) is 0 Å². The third-order valence-corrected chi connectivity index (χ3v) is 4.75. The molecule has 0 fully saturated rings. The van der Waals surface area contributed by atoms with Crippen LogP contribution in [0.2, 0.25) is 0 Å². The number of anilines is 4. The minimum Gasteiger partial charge on any atom is -0.497 e. The van der Waals surface area contributed by atoms with Crippen LogP contribution in [-0.2, 0) is 11.3 Å². The lowest BCUT2D eigenvalue weighted by Crippen LogP contribution is -2.34. The van der Waals surface area contributed by atoms with E-state index in [0.717, 1.165) is 5.56 Å². The molecule has 0 spiro atoms. The normalized spacial score (nSPS) is 10.9. The summed E-state index contributed by atoms with van der Waals surface area (Å²) in [6.45, 7) is 5.67. The van der Waals surface area contributed by atoms with Crippen molar-refractivity contribution in [1.82, 2.24) is 9.97 Å². The Kier molecular flexibility index (Phi) is 7.69. The van der Waals surface area contributed by atoms with Crippen molar-refractivity contribution in [3.05, 3.63) is 70.5 Å². The maximum absolute atomic E-state index is 12.5. The van der Waals surface area contributed by atoms with Crippen LogP contribution in [-0.4, -0.2) is 40.7 Å². The van der Waals surface area contributed by atoms with Gasteiger partial charge in [0.2, 0.25) is 11.6 Å². The van der Waals surface area contributed by atoms with Crippen LogP contribution in [0.3, 0.4) is 0 Å². The first kappa shape index (κ1) is 25.2. The van der Waals surface area contributed by atoms with E-state index in [4.69, 9.17) is 9.47 Å². The van der Waals surface area contributed by atoms with Crippen LogP contribution < -0.4 is 20.3 Å². The van der Waals surface area contributed by atoms with Crippen molar-refractivity contribution in [3.63, 3.8) is 0 Å². The molecule has 11 nitrogen and oxygen atoms in total. The van der Waals surface area contributed by atoms with Gasteiger partial charge in [-0.3, -0.25) is 15.0 Å². The van der Waals surface area contributed by atoms with Crippen LogP contribution in [0.5, 0.6) is 5.75 Å². The van der Waals surface area contributed by atoms with E-state index < -0.39 is 16.6 Å². The maximum Gasteiger partial charge on any atom is 0.414 e. The van der Waals surface area contributed by atoms with Crippen LogP contribution in [0.25, 0.3) is 0 Å². The molecule has 1 aromatic heterocycles. The number of nitro groups is 1. The molecule has 0 aliphatic heterocycles. The van der Waals surface area contributed by atoms with E-state index in [0.29, 0.717) is 23.7 Å². The number of ether oxygens (including phenoxy) is 2. The summed E-state index contributed by atoms with van der Waals surface area (Å²) in [5.74, 6) is 0.490. The Morgan fingerprint density at radius 2 is 1.80 bits per heavy atom. The standard InChI is InChI=1S/C24H28N6O5/c1-24(2,3)35-23(31)29(4)18-11-17(12-19(13-18)34-5)28-22-20(30(32)33)21(26-15-27-22)25-14-16-9-7-6-8-10-16/h6-13,15H,14H2,1-5H3,(H2,25,26,27,28). The molecule has 0 aliphatic carbocycles. The Hall–Kier alpha value is -4.41. The molecule has 0 saturated heterocycles. The van der Waals surface area contributed by atoms with Crippen molar-refractivity contribution in [1.29, 1.82) is 0 Å². The van der Waals surface area contributed by atoms with Crippen LogP contribution in [0.1, 0.15) is 26.3 Å². The maximum atomic E-state index is 12.5. The number of methoxy groups -OCH3 is 1. The predicted molar refractivity (Wildman–Crippen MR) is 133 cm³/mol. The number of nitrogens with one attached hydrogen (secondary N) is 2.